The van der Waals surface area contributed by atoms with Crippen LogP contribution in [0, 0.1) is 15.3 Å². The molecule has 0 aromatic heterocycles. The third-order valence-electron chi connectivity index (χ3n) is 0. The van der Waals surface area contributed by atoms with Gasteiger partial charge in [-0.1, -0.05) is 0 Å². The number of rotatable bonds is 0. The largest absolute Gasteiger partial charge is 2.00 e. The number of hydrogen-bond acceptors (Lipinski definition) is 3. The summed E-state index contributed by atoms with van der Waals surface area (Å²) in [7, 11) is 0. The molecule has 0 spiro atoms. The van der Waals surface area contributed by atoms with E-state index in [1.165, 1.54) is 0 Å². The van der Waals surface area contributed by atoms with Gasteiger partial charge >= 0.3 is 23.1 Å². The number of nitrogens with zero attached hydrogens (tertiary/aromatic N) is 1. The predicted molar refractivity (Wildman–Crippen MR) is 41.4 cm³/mol. The van der Waals surface area contributed by atoms with E-state index in [9.17, 15) is 0 Å². The van der Waals surface area contributed by atoms with Crippen molar-refractivity contribution in [3.63, 3.8) is 0 Å². The summed E-state index contributed by atoms with van der Waals surface area (Å²) in [5.74, 6) is 0. The molecule has 0 aliphatic carbocycles. The Bertz CT molecular complexity index is 32.8. The Hall–Kier alpha value is -0.314. The summed E-state index contributed by atoms with van der Waals surface area (Å²) in [4.78, 5) is 8.25. The Morgan fingerprint density at radius 3 is 0.667 bits per heavy atom. The van der Waals surface area contributed by atoms with Gasteiger partial charge in [0.15, 0.2) is 0 Å². The van der Waals surface area contributed by atoms with E-state index in [0.717, 1.165) is 0 Å². The van der Waals surface area contributed by atoms with Crippen LogP contribution < -0.4 is 0 Å². The van der Waals surface area contributed by atoms with Gasteiger partial charge in [-0.3, -0.25) is 0 Å². The molecule has 12 heteroatoms. The van der Waals surface area contributed by atoms with E-state index in [-0.39, 0.29) is 61.4 Å². The van der Waals surface area contributed by atoms with Crippen LogP contribution in [0.3, 0.4) is 0 Å². The second-order valence-electron chi connectivity index (χ2n) is 0.224. The van der Waals surface area contributed by atoms with E-state index in [2.05, 4.69) is 0 Å². The van der Waals surface area contributed by atoms with Gasteiger partial charge in [0.05, 0.1) is 5.09 Å². The second-order valence-corrected chi connectivity index (χ2v) is 0.224. The summed E-state index contributed by atoms with van der Waals surface area (Å²) in [6.45, 7) is 0. The van der Waals surface area contributed by atoms with Crippen LogP contribution in [0.5, 0.6) is 0 Å². The van der Waals surface area contributed by atoms with Crippen LogP contribution >= 0.6 is 0 Å². The van der Waals surface area contributed by atoms with Crippen LogP contribution in [0.2, 0.25) is 0 Å². The molecule has 0 saturated heterocycles. The molecule has 0 aromatic rings. The van der Waals surface area contributed by atoms with E-state index in [4.69, 9.17) is 15.3 Å². The van der Waals surface area contributed by atoms with Gasteiger partial charge in [0, 0.05) is 0 Å². The molecule has 0 aliphatic rings. The molecule has 0 radical (unpaired) electrons. The van der Waals surface area contributed by atoms with Gasteiger partial charge in [0.1, 0.15) is 0 Å². The zero-order valence-corrected chi connectivity index (χ0v) is 7.29. The predicted octanol–water partition coefficient (Wildman–Crippen LogP) is -6.39. The normalized spacial score (nSPS) is 2.00. The van der Waals surface area contributed by atoms with Gasteiger partial charge in [-0.15, -0.1) is 0 Å². The minimum Gasteiger partial charge on any atom is -0.412 e. The molecule has 0 amide bonds. The monoisotopic (exact) mass is 212 g/mol. The molecule has 0 bridgehead atoms. The molecule has 0 saturated carbocycles. The maximum Gasteiger partial charge on any atom is 2.00 e. The standard InChI is InChI=1S/Mg.NO3.7H2O/c;2-1(3)4;;;;;;;/h;;7*1H2/q+2;-1;;;;;;;. The summed E-state index contributed by atoms with van der Waals surface area (Å²) < 4.78 is 0. The molecular formula is H14MgNO10+. The van der Waals surface area contributed by atoms with Crippen molar-refractivity contribution in [1.29, 1.82) is 0 Å². The Balaban J connectivity index is -0.00000000161. The van der Waals surface area contributed by atoms with Crippen LogP contribution in [0.25, 0.3) is 0 Å². The molecule has 0 aliphatic heterocycles. The third-order valence-corrected chi connectivity index (χ3v) is 0. The maximum absolute atomic E-state index is 8.25. The molecule has 11 nitrogen and oxygen atoms in total. The first-order valence-corrected chi connectivity index (χ1v) is 0.548. The zero-order chi connectivity index (χ0) is 3.58. The summed E-state index contributed by atoms with van der Waals surface area (Å²) in [5, 5.41) is 14.8. The van der Waals surface area contributed by atoms with Crippen molar-refractivity contribution in [2.24, 2.45) is 0 Å². The molecular weight excluding hydrogens is 198 g/mol. The molecule has 0 aromatic carbocycles. The fourth-order valence-corrected chi connectivity index (χ4v) is 0. The first kappa shape index (κ1) is 185. The molecule has 0 rings (SSSR count). The van der Waals surface area contributed by atoms with E-state index < -0.39 is 5.09 Å². The van der Waals surface area contributed by atoms with Crippen LogP contribution in [-0.2, 0) is 0 Å². The SMILES string of the molecule is O.O.O.O.O.O.O.O=[N+]([O-])[O-].[Mg+2]. The van der Waals surface area contributed by atoms with Crippen LogP contribution in [-0.4, -0.2) is 66.5 Å². The van der Waals surface area contributed by atoms with Crippen molar-refractivity contribution < 1.29 is 43.4 Å². The summed E-state index contributed by atoms with van der Waals surface area (Å²) >= 11 is 0. The second kappa shape index (κ2) is 139. The van der Waals surface area contributed by atoms with Crippen molar-refractivity contribution >= 4 is 23.1 Å². The van der Waals surface area contributed by atoms with E-state index >= 15 is 0 Å². The van der Waals surface area contributed by atoms with Crippen molar-refractivity contribution in [2.75, 3.05) is 0 Å². The van der Waals surface area contributed by atoms with E-state index in [1.54, 1.807) is 0 Å². The molecule has 14 N–H and O–H groups in total. The maximum atomic E-state index is 8.25. The molecule has 0 fully saturated rings. The van der Waals surface area contributed by atoms with Crippen LogP contribution in [0.15, 0.2) is 0 Å². The average molecular weight is 212 g/mol. The van der Waals surface area contributed by atoms with Crippen molar-refractivity contribution in [2.45, 2.75) is 0 Å². The summed E-state index contributed by atoms with van der Waals surface area (Å²) in [6.07, 6.45) is 0. The van der Waals surface area contributed by atoms with Gasteiger partial charge in [0.2, 0.25) is 0 Å². The average Bonchev–Trinajstić information content (AvgIpc) is 0.811. The van der Waals surface area contributed by atoms with Gasteiger partial charge in [-0.05, 0) is 0 Å². The quantitative estimate of drug-likeness (QED) is 0.215. The summed E-state index contributed by atoms with van der Waals surface area (Å²) in [6, 6.07) is 0. The Kier molecular flexibility index (Phi) is 2140. The summed E-state index contributed by atoms with van der Waals surface area (Å²) in [5.41, 5.74) is 0. The minimum absolute atomic E-state index is 0. The topological polar surface area (TPSA) is 287 Å². The van der Waals surface area contributed by atoms with Crippen LogP contribution in [0.4, 0.5) is 0 Å². The fraction of sp³-hybridized carbons (Fsp3) is 0. The van der Waals surface area contributed by atoms with Gasteiger partial charge in [0.25, 0.3) is 0 Å². The zero-order valence-electron chi connectivity index (χ0n) is 5.88. The van der Waals surface area contributed by atoms with Crippen molar-refractivity contribution in [3.05, 3.63) is 15.3 Å². The Morgan fingerprint density at radius 1 is 0.667 bits per heavy atom. The molecule has 80 valence electrons. The molecule has 0 heterocycles. The third kappa shape index (κ3) is 7420. The van der Waals surface area contributed by atoms with E-state index in [0.29, 0.717) is 0 Å². The van der Waals surface area contributed by atoms with Crippen LogP contribution in [0.1, 0.15) is 0 Å². The molecule has 12 heavy (non-hydrogen) atoms. The Morgan fingerprint density at radius 2 is 0.667 bits per heavy atom. The van der Waals surface area contributed by atoms with Gasteiger partial charge in [-0.2, -0.15) is 0 Å². The minimum atomic E-state index is -1.75. The molecule has 0 atom stereocenters. The first-order chi connectivity index (χ1) is 1.73. The number of hydrogen-bond donors (Lipinski definition) is 0. The fourth-order valence-electron chi connectivity index (χ4n) is 0. The smallest absolute Gasteiger partial charge is 0.412 e. The Labute approximate surface area is 82.4 Å². The first-order valence-electron chi connectivity index (χ1n) is 0.548. The molecule has 0 unspecified atom stereocenters. The van der Waals surface area contributed by atoms with Crippen molar-refractivity contribution in [1.82, 2.24) is 0 Å². The van der Waals surface area contributed by atoms with E-state index in [1.807, 2.05) is 0 Å². The van der Waals surface area contributed by atoms with Crippen molar-refractivity contribution in [3.8, 4) is 0 Å². The van der Waals surface area contributed by atoms with Gasteiger partial charge < -0.3 is 53.7 Å². The van der Waals surface area contributed by atoms with Gasteiger partial charge in [-0.25, -0.2) is 0 Å².